The van der Waals surface area contributed by atoms with Crippen LogP contribution >= 0.6 is 11.3 Å². The molecule has 0 radical (unpaired) electrons. The van der Waals surface area contributed by atoms with E-state index in [9.17, 15) is 0 Å². The number of benzene rings is 1. The molecule has 0 spiro atoms. The lowest BCUT2D eigenvalue weighted by Gasteiger charge is -2.09. The summed E-state index contributed by atoms with van der Waals surface area (Å²) in [7, 11) is 0. The van der Waals surface area contributed by atoms with E-state index in [1.807, 2.05) is 44.3 Å². The number of ether oxygens (including phenoxy) is 1. The van der Waals surface area contributed by atoms with E-state index in [4.69, 9.17) is 10.5 Å². The summed E-state index contributed by atoms with van der Waals surface area (Å²) < 4.78 is 5.71. The average Bonchev–Trinajstić information content (AvgIpc) is 2.73. The molecule has 1 aromatic carbocycles. The summed E-state index contributed by atoms with van der Waals surface area (Å²) in [6.45, 7) is 4.52. The van der Waals surface area contributed by atoms with Gasteiger partial charge in [0.15, 0.2) is 0 Å². The largest absolute Gasteiger partial charge is 0.488 e. The molecule has 2 rings (SSSR count). The summed E-state index contributed by atoms with van der Waals surface area (Å²) >= 11 is 1.66. The normalized spacial score (nSPS) is 12.4. The van der Waals surface area contributed by atoms with Gasteiger partial charge < -0.3 is 10.5 Å². The molecule has 0 aliphatic heterocycles. The Hall–Kier alpha value is -1.39. The second-order valence-electron chi connectivity index (χ2n) is 4.00. The monoisotopic (exact) mass is 248 g/mol. The van der Waals surface area contributed by atoms with Crippen LogP contribution in [0.15, 0.2) is 30.5 Å². The number of thiazole rings is 1. The van der Waals surface area contributed by atoms with Crippen molar-refractivity contribution in [2.75, 3.05) is 0 Å². The van der Waals surface area contributed by atoms with E-state index in [2.05, 4.69) is 4.98 Å². The summed E-state index contributed by atoms with van der Waals surface area (Å²) in [5.41, 5.74) is 6.92. The number of hydrogen-bond acceptors (Lipinski definition) is 4. The second-order valence-corrected chi connectivity index (χ2v) is 5.31. The summed E-state index contributed by atoms with van der Waals surface area (Å²) in [6, 6.07) is 7.93. The Morgan fingerprint density at radius 2 is 2.29 bits per heavy atom. The minimum atomic E-state index is 0.0317. The van der Waals surface area contributed by atoms with E-state index in [0.717, 1.165) is 21.2 Å². The third-order valence-corrected chi connectivity index (χ3v) is 3.32. The predicted octanol–water partition coefficient (Wildman–Crippen LogP) is 3.05. The molecule has 0 amide bonds. The topological polar surface area (TPSA) is 48.1 Å². The predicted molar refractivity (Wildman–Crippen MR) is 70.2 cm³/mol. The Labute approximate surface area is 105 Å². The van der Waals surface area contributed by atoms with E-state index in [0.29, 0.717) is 6.61 Å². The molecule has 0 bridgehead atoms. The van der Waals surface area contributed by atoms with Gasteiger partial charge in [0.25, 0.3) is 0 Å². The highest BCUT2D eigenvalue weighted by Gasteiger charge is 2.03. The first kappa shape index (κ1) is 12.1. The number of rotatable bonds is 4. The minimum Gasteiger partial charge on any atom is -0.488 e. The van der Waals surface area contributed by atoms with Crippen molar-refractivity contribution in [3.05, 3.63) is 45.9 Å². The van der Waals surface area contributed by atoms with Gasteiger partial charge in [-0.1, -0.05) is 12.1 Å². The number of hydrogen-bond donors (Lipinski definition) is 1. The molecular weight excluding hydrogens is 232 g/mol. The van der Waals surface area contributed by atoms with Crippen LogP contribution in [0, 0.1) is 6.92 Å². The smallest absolute Gasteiger partial charge is 0.124 e. The summed E-state index contributed by atoms with van der Waals surface area (Å²) in [4.78, 5) is 5.33. The van der Waals surface area contributed by atoms with Crippen LogP contribution in [0.5, 0.6) is 5.75 Å². The Morgan fingerprint density at radius 3 is 2.94 bits per heavy atom. The van der Waals surface area contributed by atoms with E-state index < -0.39 is 0 Å². The lowest BCUT2D eigenvalue weighted by molar-refractivity contribution is 0.309. The molecule has 0 aliphatic rings. The molecule has 0 saturated heterocycles. The average molecular weight is 248 g/mol. The van der Waals surface area contributed by atoms with Gasteiger partial charge in [-0.2, -0.15) is 0 Å². The summed E-state index contributed by atoms with van der Waals surface area (Å²) in [5, 5.41) is 1.06. The van der Waals surface area contributed by atoms with Gasteiger partial charge in [0.05, 0.1) is 9.88 Å². The molecule has 3 nitrogen and oxygen atoms in total. The maximum Gasteiger partial charge on any atom is 0.124 e. The highest BCUT2D eigenvalue weighted by molar-refractivity contribution is 7.11. The van der Waals surface area contributed by atoms with E-state index in [-0.39, 0.29) is 6.04 Å². The summed E-state index contributed by atoms with van der Waals surface area (Å²) in [6.07, 6.45) is 1.86. The van der Waals surface area contributed by atoms with Gasteiger partial charge >= 0.3 is 0 Å². The van der Waals surface area contributed by atoms with E-state index in [1.54, 1.807) is 11.3 Å². The van der Waals surface area contributed by atoms with E-state index >= 15 is 0 Å². The van der Waals surface area contributed by atoms with Crippen molar-refractivity contribution in [3.63, 3.8) is 0 Å². The van der Waals surface area contributed by atoms with Crippen molar-refractivity contribution >= 4 is 11.3 Å². The molecule has 0 unspecified atom stereocenters. The van der Waals surface area contributed by atoms with Crippen molar-refractivity contribution in [3.8, 4) is 5.75 Å². The minimum absolute atomic E-state index is 0.0317. The summed E-state index contributed by atoms with van der Waals surface area (Å²) in [5.74, 6) is 0.853. The maximum absolute atomic E-state index is 5.83. The number of nitrogens with zero attached hydrogens (tertiary/aromatic N) is 1. The van der Waals surface area contributed by atoms with Gasteiger partial charge in [-0.05, 0) is 31.5 Å². The van der Waals surface area contributed by atoms with Crippen LogP contribution in [0.2, 0.25) is 0 Å². The zero-order valence-electron chi connectivity index (χ0n) is 10.0. The molecule has 0 fully saturated rings. The molecule has 0 saturated carbocycles. The zero-order valence-corrected chi connectivity index (χ0v) is 10.8. The fraction of sp³-hybridized carbons (Fsp3) is 0.308. The van der Waals surface area contributed by atoms with Crippen molar-refractivity contribution in [1.29, 1.82) is 0 Å². The number of aromatic nitrogens is 1. The van der Waals surface area contributed by atoms with Crippen molar-refractivity contribution in [2.24, 2.45) is 5.73 Å². The van der Waals surface area contributed by atoms with Crippen molar-refractivity contribution in [1.82, 2.24) is 4.98 Å². The van der Waals surface area contributed by atoms with Gasteiger partial charge in [0, 0.05) is 12.2 Å². The van der Waals surface area contributed by atoms with E-state index in [1.165, 1.54) is 0 Å². The molecule has 4 heteroatoms. The Morgan fingerprint density at radius 1 is 1.47 bits per heavy atom. The molecule has 2 N–H and O–H groups in total. The van der Waals surface area contributed by atoms with Crippen LogP contribution in [-0.2, 0) is 6.61 Å². The molecule has 0 aliphatic carbocycles. The number of nitrogens with two attached hydrogens (primary N) is 1. The quantitative estimate of drug-likeness (QED) is 0.904. The molecule has 1 heterocycles. The number of aryl methyl sites for hydroxylation is 1. The van der Waals surface area contributed by atoms with Gasteiger partial charge in [-0.25, -0.2) is 4.98 Å². The van der Waals surface area contributed by atoms with Crippen LogP contribution in [0.4, 0.5) is 0 Å². The molecule has 2 aromatic rings. The molecule has 1 atom stereocenters. The Kier molecular flexibility index (Phi) is 3.76. The third kappa shape index (κ3) is 3.28. The van der Waals surface area contributed by atoms with Gasteiger partial charge in [-0.15, -0.1) is 11.3 Å². The SMILES string of the molecule is Cc1ncc(COc2cccc([C@@H](C)N)c2)s1. The lowest BCUT2D eigenvalue weighted by atomic mass is 10.1. The van der Waals surface area contributed by atoms with Gasteiger partial charge in [0.1, 0.15) is 12.4 Å². The molecule has 17 heavy (non-hydrogen) atoms. The first-order chi connectivity index (χ1) is 8.15. The van der Waals surface area contributed by atoms with Crippen LogP contribution < -0.4 is 10.5 Å². The maximum atomic E-state index is 5.83. The van der Waals surface area contributed by atoms with Crippen LogP contribution in [0.1, 0.15) is 28.4 Å². The standard InChI is InChI=1S/C13H16N2OS/c1-9(14)11-4-3-5-12(6-11)16-8-13-7-15-10(2)17-13/h3-7,9H,8,14H2,1-2H3/t9-/m1/s1. The Bertz CT molecular complexity index is 494. The van der Waals surface area contributed by atoms with Crippen molar-refractivity contribution < 1.29 is 4.74 Å². The highest BCUT2D eigenvalue weighted by Crippen LogP contribution is 2.20. The molecular formula is C13H16N2OS. The van der Waals surface area contributed by atoms with Crippen molar-refractivity contribution in [2.45, 2.75) is 26.5 Å². The zero-order chi connectivity index (χ0) is 12.3. The van der Waals surface area contributed by atoms with Crippen LogP contribution in [0.3, 0.4) is 0 Å². The third-order valence-electron chi connectivity index (χ3n) is 2.43. The fourth-order valence-electron chi connectivity index (χ4n) is 1.51. The lowest BCUT2D eigenvalue weighted by Crippen LogP contribution is -2.05. The van der Waals surface area contributed by atoms with Crippen LogP contribution in [0.25, 0.3) is 0 Å². The Balaban J connectivity index is 2.01. The first-order valence-corrected chi connectivity index (χ1v) is 6.36. The second kappa shape index (κ2) is 5.29. The molecule has 90 valence electrons. The fourth-order valence-corrected chi connectivity index (χ4v) is 2.22. The van der Waals surface area contributed by atoms with Gasteiger partial charge in [-0.3, -0.25) is 0 Å². The molecule has 1 aromatic heterocycles. The van der Waals surface area contributed by atoms with Crippen LogP contribution in [-0.4, -0.2) is 4.98 Å². The highest BCUT2D eigenvalue weighted by atomic mass is 32.1. The van der Waals surface area contributed by atoms with Gasteiger partial charge in [0.2, 0.25) is 0 Å². The first-order valence-electron chi connectivity index (χ1n) is 5.55.